The number of hydrogen-bond donors (Lipinski definition) is 3. The van der Waals surface area contributed by atoms with E-state index in [1.807, 2.05) is 42.5 Å². The Labute approximate surface area is 200 Å². The van der Waals surface area contributed by atoms with Crippen LogP contribution in [0.1, 0.15) is 31.9 Å². The minimum absolute atomic E-state index is 0.196. The van der Waals surface area contributed by atoms with Crippen molar-refractivity contribution in [2.75, 3.05) is 13.7 Å². The van der Waals surface area contributed by atoms with E-state index >= 15 is 0 Å². The van der Waals surface area contributed by atoms with E-state index in [0.29, 0.717) is 18.8 Å². The van der Waals surface area contributed by atoms with Crippen LogP contribution in [0.25, 0.3) is 0 Å². The average molecular weight is 468 g/mol. The van der Waals surface area contributed by atoms with Crippen LogP contribution in [0.3, 0.4) is 0 Å². The summed E-state index contributed by atoms with van der Waals surface area (Å²) in [6.45, 7) is 5.17. The summed E-state index contributed by atoms with van der Waals surface area (Å²) in [4.78, 5) is 39.2. The molecule has 1 fully saturated rings. The summed E-state index contributed by atoms with van der Waals surface area (Å²) < 4.78 is 10.5. The summed E-state index contributed by atoms with van der Waals surface area (Å²) in [6.07, 6.45) is 0.535. The topological polar surface area (TPSA) is 123 Å². The highest BCUT2D eigenvalue weighted by atomic mass is 16.6. The van der Waals surface area contributed by atoms with Crippen molar-refractivity contribution < 1.29 is 23.9 Å². The number of ether oxygens (including phenoxy) is 2. The van der Waals surface area contributed by atoms with Gasteiger partial charge in [-0.1, -0.05) is 42.5 Å². The maximum Gasteiger partial charge on any atom is 0.243 e. The maximum atomic E-state index is 13.4. The van der Waals surface area contributed by atoms with Crippen LogP contribution in [0.4, 0.5) is 0 Å². The van der Waals surface area contributed by atoms with Gasteiger partial charge in [0.1, 0.15) is 17.4 Å². The van der Waals surface area contributed by atoms with Crippen LogP contribution in [-0.4, -0.2) is 54.5 Å². The Kier molecular flexibility index (Phi) is 7.74. The van der Waals surface area contributed by atoms with Gasteiger partial charge < -0.3 is 25.8 Å². The number of nitrogens with two attached hydrogens (primary N) is 1. The van der Waals surface area contributed by atoms with E-state index in [4.69, 9.17) is 15.2 Å². The molecule has 0 spiro atoms. The molecule has 2 amide bonds. The van der Waals surface area contributed by atoms with E-state index in [1.165, 1.54) is 0 Å². The van der Waals surface area contributed by atoms with Crippen LogP contribution in [-0.2, 0) is 32.0 Å². The number of hydrogen-bond acceptors (Lipinski definition) is 6. The zero-order valence-corrected chi connectivity index (χ0v) is 20.1. The Morgan fingerprint density at radius 1 is 1.00 bits per heavy atom. The first kappa shape index (κ1) is 25.4. The van der Waals surface area contributed by atoms with Crippen molar-refractivity contribution in [1.82, 2.24) is 10.6 Å². The fraction of sp³-hybridized carbons (Fsp3) is 0.423. The molecule has 8 heteroatoms. The second-order valence-electron chi connectivity index (χ2n) is 9.43. The van der Waals surface area contributed by atoms with Crippen LogP contribution in [0.2, 0.25) is 0 Å². The Balaban J connectivity index is 1.82. The van der Waals surface area contributed by atoms with Crippen LogP contribution in [0, 0.1) is 0 Å². The molecule has 0 saturated carbocycles. The molecule has 3 rings (SSSR count). The van der Waals surface area contributed by atoms with Crippen molar-refractivity contribution in [2.24, 2.45) is 5.73 Å². The quantitative estimate of drug-likeness (QED) is 0.431. The normalized spacial score (nSPS) is 19.0. The van der Waals surface area contributed by atoms with Gasteiger partial charge in [-0.2, -0.15) is 0 Å². The molecule has 1 aliphatic rings. The molecule has 1 aliphatic heterocycles. The van der Waals surface area contributed by atoms with E-state index in [2.05, 4.69) is 10.6 Å². The van der Waals surface area contributed by atoms with Crippen LogP contribution >= 0.6 is 0 Å². The average Bonchev–Trinajstić information content (AvgIpc) is 3.56. The molecular formula is C26H33N3O5. The molecule has 0 radical (unpaired) electrons. The Morgan fingerprint density at radius 3 is 2.09 bits per heavy atom. The Morgan fingerprint density at radius 2 is 1.56 bits per heavy atom. The largest absolute Gasteiger partial charge is 0.497 e. The van der Waals surface area contributed by atoms with Gasteiger partial charge in [-0.15, -0.1) is 0 Å². The molecule has 1 heterocycles. The molecule has 8 nitrogen and oxygen atoms in total. The number of ketones is 1. The van der Waals surface area contributed by atoms with E-state index in [-0.39, 0.29) is 12.2 Å². The number of benzene rings is 2. The number of amides is 2. The fourth-order valence-electron chi connectivity index (χ4n) is 3.50. The standard InChI is InChI=1S/C26H33N3O5/c1-25(2,27)24(32)29-21(15-18-10-12-19(33-4)13-11-18)23(31)28-20(22(30)26(3)16-34-26)14-17-8-6-5-7-9-17/h5-13,20-21H,14-16,27H2,1-4H3,(H,28,31)(H,29,32)/t20-,21-,26+/m0/s1. The van der Waals surface area contributed by atoms with Crippen molar-refractivity contribution in [2.45, 2.75) is 56.8 Å². The molecule has 3 atom stereocenters. The molecule has 0 bridgehead atoms. The molecule has 0 unspecified atom stereocenters. The second kappa shape index (κ2) is 10.4. The molecule has 0 aromatic heterocycles. The molecule has 2 aromatic rings. The van der Waals surface area contributed by atoms with Gasteiger partial charge in [-0.05, 0) is 50.5 Å². The van der Waals surface area contributed by atoms with E-state index < -0.39 is 35.0 Å². The Bertz CT molecular complexity index is 1010. The number of Topliss-reactive ketones (excluding diaryl/α,β-unsaturated/α-hetero) is 1. The number of epoxide rings is 1. The highest BCUT2D eigenvalue weighted by Crippen LogP contribution is 2.29. The highest BCUT2D eigenvalue weighted by Gasteiger charge is 2.50. The summed E-state index contributed by atoms with van der Waals surface area (Å²) in [6, 6.07) is 14.9. The zero-order valence-electron chi connectivity index (χ0n) is 20.1. The Hall–Kier alpha value is -3.23. The lowest BCUT2D eigenvalue weighted by Gasteiger charge is -2.26. The van der Waals surface area contributed by atoms with Gasteiger partial charge in [0.05, 0.1) is 25.3 Å². The van der Waals surface area contributed by atoms with Crippen molar-refractivity contribution in [3.05, 3.63) is 65.7 Å². The smallest absolute Gasteiger partial charge is 0.243 e. The summed E-state index contributed by atoms with van der Waals surface area (Å²) >= 11 is 0. The van der Waals surface area contributed by atoms with Crippen molar-refractivity contribution in [3.8, 4) is 5.75 Å². The number of carbonyl (C=O) groups excluding carboxylic acids is 3. The van der Waals surface area contributed by atoms with Gasteiger partial charge in [0.25, 0.3) is 0 Å². The summed E-state index contributed by atoms with van der Waals surface area (Å²) in [5.74, 6) is -0.446. The highest BCUT2D eigenvalue weighted by molar-refractivity contribution is 5.98. The van der Waals surface area contributed by atoms with Gasteiger partial charge in [0.15, 0.2) is 5.78 Å². The zero-order chi connectivity index (χ0) is 24.9. The molecular weight excluding hydrogens is 434 g/mol. The minimum Gasteiger partial charge on any atom is -0.497 e. The van der Waals surface area contributed by atoms with Gasteiger partial charge in [0.2, 0.25) is 11.8 Å². The number of methoxy groups -OCH3 is 1. The van der Waals surface area contributed by atoms with Gasteiger partial charge >= 0.3 is 0 Å². The first-order chi connectivity index (χ1) is 16.0. The van der Waals surface area contributed by atoms with E-state index in [1.54, 1.807) is 40.0 Å². The predicted molar refractivity (Wildman–Crippen MR) is 128 cm³/mol. The maximum absolute atomic E-state index is 13.4. The first-order valence-corrected chi connectivity index (χ1v) is 11.3. The molecule has 4 N–H and O–H groups in total. The molecule has 182 valence electrons. The van der Waals surface area contributed by atoms with Gasteiger partial charge in [0, 0.05) is 6.42 Å². The van der Waals surface area contributed by atoms with Crippen LogP contribution < -0.4 is 21.1 Å². The monoisotopic (exact) mass is 467 g/mol. The second-order valence-corrected chi connectivity index (χ2v) is 9.43. The van der Waals surface area contributed by atoms with Gasteiger partial charge in [-0.25, -0.2) is 0 Å². The first-order valence-electron chi connectivity index (χ1n) is 11.3. The number of carbonyl (C=O) groups is 3. The number of nitrogens with one attached hydrogen (secondary N) is 2. The fourth-order valence-corrected chi connectivity index (χ4v) is 3.50. The van der Waals surface area contributed by atoms with Crippen molar-refractivity contribution in [1.29, 1.82) is 0 Å². The lowest BCUT2D eigenvalue weighted by atomic mass is 9.94. The minimum atomic E-state index is -1.17. The lowest BCUT2D eigenvalue weighted by Crippen LogP contribution is -2.59. The summed E-state index contributed by atoms with van der Waals surface area (Å²) in [7, 11) is 1.57. The predicted octanol–water partition coefficient (Wildman–Crippen LogP) is 1.55. The SMILES string of the molecule is COc1ccc(C[C@H](NC(=O)C(C)(C)N)C(=O)N[C@@H](Cc2ccccc2)C(=O)[C@@]2(C)CO2)cc1. The lowest BCUT2D eigenvalue weighted by molar-refractivity contribution is -0.133. The summed E-state index contributed by atoms with van der Waals surface area (Å²) in [5.41, 5.74) is 5.59. The molecule has 0 aliphatic carbocycles. The third kappa shape index (κ3) is 6.65. The molecule has 34 heavy (non-hydrogen) atoms. The third-order valence-corrected chi connectivity index (χ3v) is 5.82. The van der Waals surface area contributed by atoms with E-state index in [0.717, 1.165) is 11.1 Å². The molecule has 1 saturated heterocycles. The van der Waals surface area contributed by atoms with Crippen LogP contribution in [0.5, 0.6) is 5.75 Å². The van der Waals surface area contributed by atoms with Crippen LogP contribution in [0.15, 0.2) is 54.6 Å². The molecule has 2 aromatic carbocycles. The van der Waals surface area contributed by atoms with Gasteiger partial charge in [-0.3, -0.25) is 14.4 Å². The summed E-state index contributed by atoms with van der Waals surface area (Å²) in [5, 5.41) is 5.61. The number of rotatable bonds is 11. The third-order valence-electron chi connectivity index (χ3n) is 5.82. The van der Waals surface area contributed by atoms with Crippen molar-refractivity contribution >= 4 is 17.6 Å². The van der Waals surface area contributed by atoms with E-state index in [9.17, 15) is 14.4 Å². The van der Waals surface area contributed by atoms with Crippen molar-refractivity contribution in [3.63, 3.8) is 0 Å².